The third-order valence-electron chi connectivity index (χ3n) is 4.48. The average Bonchev–Trinajstić information content (AvgIpc) is 2.75. The van der Waals surface area contributed by atoms with E-state index < -0.39 is 23.3 Å². The highest BCUT2D eigenvalue weighted by Crippen LogP contribution is 2.32. The van der Waals surface area contributed by atoms with Gasteiger partial charge in [0, 0.05) is 12.1 Å². The van der Waals surface area contributed by atoms with Crippen LogP contribution in [0.1, 0.15) is 27.7 Å². The third kappa shape index (κ3) is 3.97. The van der Waals surface area contributed by atoms with Crippen LogP contribution in [0.4, 0.5) is 11.6 Å². The number of benzene rings is 2. The van der Waals surface area contributed by atoms with Gasteiger partial charge in [-0.15, -0.1) is 0 Å². The Labute approximate surface area is 177 Å². The maximum Gasteiger partial charge on any atom is 0.358 e. The molecular formula is C21H17ClN4O4. The van der Waals surface area contributed by atoms with Crippen LogP contribution in [0, 0.1) is 6.57 Å². The number of aromatic nitrogens is 2. The van der Waals surface area contributed by atoms with E-state index in [2.05, 4.69) is 15.1 Å². The number of anilines is 1. The van der Waals surface area contributed by atoms with Crippen LogP contribution in [-0.2, 0) is 7.05 Å². The van der Waals surface area contributed by atoms with Crippen LogP contribution in [0.5, 0.6) is 5.75 Å². The van der Waals surface area contributed by atoms with Crippen molar-refractivity contribution in [2.45, 2.75) is 6.04 Å². The number of rotatable bonds is 6. The Bertz CT molecular complexity index is 1220. The predicted octanol–water partition coefficient (Wildman–Crippen LogP) is 3.89. The number of carboxylic acid groups (broad SMARTS) is 1. The Morgan fingerprint density at radius 1 is 1.30 bits per heavy atom. The van der Waals surface area contributed by atoms with Crippen LogP contribution in [0.3, 0.4) is 0 Å². The van der Waals surface area contributed by atoms with E-state index in [1.807, 2.05) is 0 Å². The SMILES string of the molecule is [C-]#[N+]c1cccc(C(Nc2nc(C(=O)O)c(OC)c(=O)n2C)c2ccccc2Cl)c1. The summed E-state index contributed by atoms with van der Waals surface area (Å²) in [6.07, 6.45) is 0. The Kier molecular flexibility index (Phi) is 6.04. The highest BCUT2D eigenvalue weighted by atomic mass is 35.5. The molecule has 3 aromatic rings. The Hall–Kier alpha value is -3.83. The molecule has 0 radical (unpaired) electrons. The summed E-state index contributed by atoms with van der Waals surface area (Å²) in [6.45, 7) is 7.27. The van der Waals surface area contributed by atoms with Crippen LogP contribution < -0.4 is 15.6 Å². The molecule has 1 aromatic heterocycles. The van der Waals surface area contributed by atoms with Gasteiger partial charge in [-0.05, 0) is 17.2 Å². The fourth-order valence-corrected chi connectivity index (χ4v) is 3.24. The van der Waals surface area contributed by atoms with Gasteiger partial charge in [-0.2, -0.15) is 0 Å². The van der Waals surface area contributed by atoms with Gasteiger partial charge < -0.3 is 15.2 Å². The molecule has 0 saturated heterocycles. The van der Waals surface area contributed by atoms with E-state index in [9.17, 15) is 14.7 Å². The van der Waals surface area contributed by atoms with Crippen molar-refractivity contribution in [2.24, 2.45) is 7.05 Å². The Morgan fingerprint density at radius 3 is 2.67 bits per heavy atom. The van der Waals surface area contributed by atoms with Crippen molar-refractivity contribution in [3.63, 3.8) is 0 Å². The minimum Gasteiger partial charge on any atom is -0.489 e. The van der Waals surface area contributed by atoms with Gasteiger partial charge in [-0.1, -0.05) is 54.1 Å². The number of halogens is 1. The second kappa shape index (κ2) is 8.68. The zero-order chi connectivity index (χ0) is 21.8. The van der Waals surface area contributed by atoms with Crippen LogP contribution >= 0.6 is 11.6 Å². The van der Waals surface area contributed by atoms with Crippen molar-refractivity contribution in [1.29, 1.82) is 0 Å². The highest BCUT2D eigenvalue weighted by molar-refractivity contribution is 6.31. The Morgan fingerprint density at radius 2 is 2.03 bits per heavy atom. The third-order valence-corrected chi connectivity index (χ3v) is 4.82. The first kappa shape index (κ1) is 20.9. The molecule has 0 fully saturated rings. The van der Waals surface area contributed by atoms with Crippen LogP contribution in [0.2, 0.25) is 5.02 Å². The largest absolute Gasteiger partial charge is 0.489 e. The van der Waals surface area contributed by atoms with E-state index in [1.165, 1.54) is 14.2 Å². The molecule has 0 spiro atoms. The monoisotopic (exact) mass is 424 g/mol. The average molecular weight is 425 g/mol. The molecule has 1 atom stereocenters. The zero-order valence-electron chi connectivity index (χ0n) is 16.1. The summed E-state index contributed by atoms with van der Waals surface area (Å²) in [5.41, 5.74) is 0.632. The molecule has 2 N–H and O–H groups in total. The molecule has 0 aliphatic heterocycles. The molecule has 0 aliphatic rings. The van der Waals surface area contributed by atoms with E-state index in [0.29, 0.717) is 21.8 Å². The van der Waals surface area contributed by atoms with E-state index in [1.54, 1.807) is 48.5 Å². The second-order valence-corrected chi connectivity index (χ2v) is 6.70. The van der Waals surface area contributed by atoms with E-state index in [0.717, 1.165) is 4.57 Å². The molecule has 0 amide bonds. The van der Waals surface area contributed by atoms with Gasteiger partial charge in [0.25, 0.3) is 5.56 Å². The van der Waals surface area contributed by atoms with Crippen molar-refractivity contribution < 1.29 is 14.6 Å². The Balaban J connectivity index is 2.20. The fraction of sp³-hybridized carbons (Fsp3) is 0.143. The first-order valence-electron chi connectivity index (χ1n) is 8.74. The molecule has 1 unspecified atom stereocenters. The van der Waals surface area contributed by atoms with Crippen molar-refractivity contribution >= 4 is 29.2 Å². The lowest BCUT2D eigenvalue weighted by atomic mass is 9.98. The van der Waals surface area contributed by atoms with Crippen LogP contribution in [-0.4, -0.2) is 27.7 Å². The van der Waals surface area contributed by atoms with Crippen molar-refractivity contribution in [1.82, 2.24) is 9.55 Å². The van der Waals surface area contributed by atoms with Crippen LogP contribution in [0.15, 0.2) is 53.3 Å². The topological polar surface area (TPSA) is 97.8 Å². The number of nitrogens with zero attached hydrogens (tertiary/aromatic N) is 3. The van der Waals surface area contributed by atoms with Crippen molar-refractivity contribution in [2.75, 3.05) is 12.4 Å². The van der Waals surface area contributed by atoms with E-state index in [-0.39, 0.29) is 11.7 Å². The summed E-state index contributed by atoms with van der Waals surface area (Å²) in [7, 11) is 2.66. The molecule has 152 valence electrons. The maximum atomic E-state index is 12.6. The lowest BCUT2D eigenvalue weighted by molar-refractivity contribution is 0.0686. The minimum absolute atomic E-state index is 0.0105. The summed E-state index contributed by atoms with van der Waals surface area (Å²) in [5, 5.41) is 13.0. The maximum absolute atomic E-state index is 12.6. The first-order chi connectivity index (χ1) is 14.4. The lowest BCUT2D eigenvalue weighted by Gasteiger charge is -2.23. The summed E-state index contributed by atoms with van der Waals surface area (Å²) >= 11 is 6.41. The number of methoxy groups -OCH3 is 1. The molecule has 8 nitrogen and oxygen atoms in total. The standard InChI is InChI=1S/C21H17ClN4O4/c1-23-13-8-6-7-12(11-13)16(14-9-4-5-10-15(14)22)24-21-25-17(20(28)29)18(30-3)19(27)26(21)2/h4-11,16H,2-3H3,(H,24,25)(H,28,29). The fourth-order valence-electron chi connectivity index (χ4n) is 2.99. The molecular weight excluding hydrogens is 408 g/mol. The van der Waals surface area contributed by atoms with Gasteiger partial charge >= 0.3 is 5.97 Å². The summed E-state index contributed by atoms with van der Waals surface area (Å²) in [5.74, 6) is -1.74. The molecule has 3 rings (SSSR count). The number of aromatic carboxylic acids is 1. The normalized spacial score (nSPS) is 11.4. The molecule has 0 aliphatic carbocycles. The summed E-state index contributed by atoms with van der Waals surface area (Å²) < 4.78 is 6.10. The number of nitrogens with one attached hydrogen (secondary N) is 1. The number of hydrogen-bond donors (Lipinski definition) is 2. The van der Waals surface area contributed by atoms with Gasteiger partial charge in [-0.25, -0.2) is 14.6 Å². The zero-order valence-corrected chi connectivity index (χ0v) is 16.8. The first-order valence-corrected chi connectivity index (χ1v) is 9.11. The van der Waals surface area contributed by atoms with Crippen LogP contribution in [0.25, 0.3) is 4.85 Å². The minimum atomic E-state index is -1.39. The molecule has 0 saturated carbocycles. The molecule has 30 heavy (non-hydrogen) atoms. The number of carboxylic acids is 1. The highest BCUT2D eigenvalue weighted by Gasteiger charge is 2.24. The summed E-state index contributed by atoms with van der Waals surface area (Å²) in [4.78, 5) is 31.7. The van der Waals surface area contributed by atoms with E-state index >= 15 is 0 Å². The van der Waals surface area contributed by atoms with Crippen molar-refractivity contribution in [3.8, 4) is 5.75 Å². The predicted molar refractivity (Wildman–Crippen MR) is 113 cm³/mol. The van der Waals surface area contributed by atoms with Gasteiger partial charge in [0.15, 0.2) is 11.4 Å². The quantitative estimate of drug-likeness (QED) is 0.582. The van der Waals surface area contributed by atoms with Gasteiger partial charge in [0.2, 0.25) is 11.7 Å². The number of ether oxygens (including phenoxy) is 1. The van der Waals surface area contributed by atoms with Crippen molar-refractivity contribution in [3.05, 3.63) is 92.1 Å². The molecule has 0 bridgehead atoms. The van der Waals surface area contributed by atoms with Gasteiger partial charge in [0.1, 0.15) is 0 Å². The smallest absolute Gasteiger partial charge is 0.358 e. The molecule has 9 heteroatoms. The van der Waals surface area contributed by atoms with Gasteiger partial charge in [-0.3, -0.25) is 9.36 Å². The summed E-state index contributed by atoms with van der Waals surface area (Å²) in [6, 6.07) is 13.4. The number of hydrogen-bond acceptors (Lipinski definition) is 5. The molecule has 1 heterocycles. The lowest BCUT2D eigenvalue weighted by Crippen LogP contribution is -2.28. The van der Waals surface area contributed by atoms with Gasteiger partial charge in [0.05, 0.1) is 19.7 Å². The van der Waals surface area contributed by atoms with E-state index in [4.69, 9.17) is 22.9 Å². The number of carbonyl (C=O) groups is 1. The second-order valence-electron chi connectivity index (χ2n) is 6.29. The molecule has 2 aromatic carbocycles.